The zero-order valence-corrected chi connectivity index (χ0v) is 13.6. The van der Waals surface area contributed by atoms with Gasteiger partial charge in [-0.25, -0.2) is 0 Å². The zero-order chi connectivity index (χ0) is 14.6. The molecular weight excluding hydrogens is 236 g/mol. The summed E-state index contributed by atoms with van der Waals surface area (Å²) >= 11 is 0. The molecule has 1 aliphatic rings. The minimum Gasteiger partial charge on any atom is -0.308 e. The summed E-state index contributed by atoms with van der Waals surface area (Å²) in [5.41, 5.74) is 0. The topological polar surface area (TPSA) is 23.6 Å². The highest BCUT2D eigenvalue weighted by Crippen LogP contribution is 2.31. The Kier molecular flexibility index (Phi) is 6.48. The number of nitrogens with zero attached hydrogens (tertiary/aromatic N) is 2. The van der Waals surface area contributed by atoms with Crippen LogP contribution in [0, 0.1) is 17.8 Å². The molecule has 112 valence electrons. The van der Waals surface area contributed by atoms with Gasteiger partial charge in [0.2, 0.25) is 0 Å². The van der Waals surface area contributed by atoms with E-state index >= 15 is 0 Å². The summed E-state index contributed by atoms with van der Waals surface area (Å²) in [6.07, 6.45) is 1.99. The molecule has 1 aliphatic carbocycles. The van der Waals surface area contributed by atoms with Gasteiger partial charge in [0.1, 0.15) is 5.78 Å². The van der Waals surface area contributed by atoms with Crippen molar-refractivity contribution in [1.82, 2.24) is 9.80 Å². The highest BCUT2D eigenvalue weighted by atomic mass is 16.1. The van der Waals surface area contributed by atoms with Gasteiger partial charge in [0, 0.05) is 31.5 Å². The summed E-state index contributed by atoms with van der Waals surface area (Å²) in [7, 11) is 4.22. The van der Waals surface area contributed by atoms with Crippen molar-refractivity contribution in [2.75, 3.05) is 33.7 Å². The summed E-state index contributed by atoms with van der Waals surface area (Å²) < 4.78 is 0. The molecular formula is C16H32N2O. The molecule has 0 aliphatic heterocycles. The molecule has 4 atom stereocenters. The van der Waals surface area contributed by atoms with Crippen LogP contribution in [0.5, 0.6) is 0 Å². The molecule has 4 unspecified atom stereocenters. The molecule has 0 N–H and O–H groups in total. The van der Waals surface area contributed by atoms with E-state index in [1.807, 2.05) is 0 Å². The second-order valence-electron chi connectivity index (χ2n) is 6.79. The third-order valence-electron chi connectivity index (χ3n) is 4.51. The van der Waals surface area contributed by atoms with Gasteiger partial charge >= 0.3 is 0 Å². The standard InChI is InChI=1S/C16H32N2O/c1-7-18(14(4)10-17(5)6)11-15-13(3)8-12(2)9-16(15)19/h12-15H,7-11H2,1-6H3. The first-order valence-corrected chi connectivity index (χ1v) is 7.76. The predicted octanol–water partition coefficient (Wildman–Crippen LogP) is 2.51. The van der Waals surface area contributed by atoms with Crippen molar-refractivity contribution in [2.45, 2.75) is 46.6 Å². The van der Waals surface area contributed by atoms with Gasteiger partial charge in [-0.3, -0.25) is 9.69 Å². The summed E-state index contributed by atoms with van der Waals surface area (Å²) in [5.74, 6) is 1.85. The molecule has 0 heterocycles. The summed E-state index contributed by atoms with van der Waals surface area (Å²) in [4.78, 5) is 17.0. The average Bonchev–Trinajstić information content (AvgIpc) is 2.26. The largest absolute Gasteiger partial charge is 0.308 e. The van der Waals surface area contributed by atoms with Crippen molar-refractivity contribution < 1.29 is 4.79 Å². The first kappa shape index (κ1) is 16.6. The number of likely N-dealkylation sites (N-methyl/N-ethyl adjacent to an activating group) is 2. The number of ketones is 1. The molecule has 0 bridgehead atoms. The van der Waals surface area contributed by atoms with Crippen LogP contribution in [0.25, 0.3) is 0 Å². The molecule has 0 amide bonds. The van der Waals surface area contributed by atoms with Crippen molar-refractivity contribution in [3.8, 4) is 0 Å². The van der Waals surface area contributed by atoms with Gasteiger partial charge in [0.25, 0.3) is 0 Å². The number of rotatable bonds is 6. The Morgan fingerprint density at radius 1 is 1.32 bits per heavy atom. The number of Topliss-reactive ketones (excluding diaryl/α,β-unsaturated/α-hetero) is 1. The van der Waals surface area contributed by atoms with Crippen LogP contribution in [0.3, 0.4) is 0 Å². The van der Waals surface area contributed by atoms with Gasteiger partial charge in [-0.15, -0.1) is 0 Å². The van der Waals surface area contributed by atoms with Crippen molar-refractivity contribution in [1.29, 1.82) is 0 Å². The molecule has 19 heavy (non-hydrogen) atoms. The number of carbonyl (C=O) groups excluding carboxylic acids is 1. The smallest absolute Gasteiger partial charge is 0.137 e. The molecule has 3 nitrogen and oxygen atoms in total. The first-order chi connectivity index (χ1) is 8.85. The molecule has 0 spiro atoms. The lowest BCUT2D eigenvalue weighted by atomic mass is 9.74. The Hall–Kier alpha value is -0.410. The Morgan fingerprint density at radius 3 is 2.42 bits per heavy atom. The molecule has 0 aromatic heterocycles. The lowest BCUT2D eigenvalue weighted by molar-refractivity contribution is -0.129. The molecule has 1 fully saturated rings. The van der Waals surface area contributed by atoms with Gasteiger partial charge < -0.3 is 4.90 Å². The van der Waals surface area contributed by atoms with Crippen LogP contribution < -0.4 is 0 Å². The summed E-state index contributed by atoms with van der Waals surface area (Å²) in [6, 6.07) is 0.513. The second kappa shape index (κ2) is 7.39. The molecule has 0 saturated heterocycles. The SMILES string of the molecule is CCN(CC1C(=O)CC(C)CC1C)C(C)CN(C)C. The molecule has 1 saturated carbocycles. The third kappa shape index (κ3) is 4.88. The first-order valence-electron chi connectivity index (χ1n) is 7.76. The monoisotopic (exact) mass is 268 g/mol. The van der Waals surface area contributed by atoms with E-state index in [4.69, 9.17) is 0 Å². The molecule has 0 aromatic carbocycles. The van der Waals surface area contributed by atoms with Gasteiger partial charge in [-0.1, -0.05) is 20.8 Å². The van der Waals surface area contributed by atoms with Crippen molar-refractivity contribution in [3.05, 3.63) is 0 Å². The van der Waals surface area contributed by atoms with E-state index in [0.717, 1.165) is 26.1 Å². The quantitative estimate of drug-likeness (QED) is 0.739. The molecule has 3 heteroatoms. The van der Waals surface area contributed by atoms with E-state index in [-0.39, 0.29) is 5.92 Å². The minimum absolute atomic E-state index is 0.251. The van der Waals surface area contributed by atoms with Gasteiger partial charge in [-0.2, -0.15) is 0 Å². The maximum Gasteiger partial charge on any atom is 0.137 e. The van der Waals surface area contributed by atoms with E-state index in [1.165, 1.54) is 6.42 Å². The van der Waals surface area contributed by atoms with Crippen LogP contribution in [-0.4, -0.2) is 55.4 Å². The third-order valence-corrected chi connectivity index (χ3v) is 4.51. The normalized spacial score (nSPS) is 30.1. The maximum absolute atomic E-state index is 12.3. The highest BCUT2D eigenvalue weighted by Gasteiger charge is 2.34. The molecule has 0 aromatic rings. The lowest BCUT2D eigenvalue weighted by Crippen LogP contribution is -2.46. The highest BCUT2D eigenvalue weighted by molar-refractivity contribution is 5.82. The fourth-order valence-electron chi connectivity index (χ4n) is 3.49. The van der Waals surface area contributed by atoms with Gasteiger partial charge in [-0.05, 0) is 45.8 Å². The van der Waals surface area contributed by atoms with Crippen LogP contribution in [0.1, 0.15) is 40.5 Å². The fourth-order valence-corrected chi connectivity index (χ4v) is 3.49. The number of hydrogen-bond donors (Lipinski definition) is 0. The average molecular weight is 268 g/mol. The summed E-state index contributed by atoms with van der Waals surface area (Å²) in [6.45, 7) is 12.0. The minimum atomic E-state index is 0.251. The lowest BCUT2D eigenvalue weighted by Gasteiger charge is -2.37. The Bertz CT molecular complexity index is 290. The Morgan fingerprint density at radius 2 is 1.95 bits per heavy atom. The van der Waals surface area contributed by atoms with Crippen LogP contribution in [0.2, 0.25) is 0 Å². The van der Waals surface area contributed by atoms with E-state index in [9.17, 15) is 4.79 Å². The van der Waals surface area contributed by atoms with E-state index in [0.29, 0.717) is 23.7 Å². The zero-order valence-electron chi connectivity index (χ0n) is 13.6. The maximum atomic E-state index is 12.3. The second-order valence-corrected chi connectivity index (χ2v) is 6.79. The molecule has 1 rings (SSSR count). The Balaban J connectivity index is 2.61. The number of carbonyl (C=O) groups is 1. The van der Waals surface area contributed by atoms with Crippen LogP contribution in [-0.2, 0) is 4.79 Å². The molecule has 0 radical (unpaired) electrons. The van der Waals surface area contributed by atoms with Gasteiger partial charge in [0.15, 0.2) is 0 Å². The fraction of sp³-hybridized carbons (Fsp3) is 0.938. The van der Waals surface area contributed by atoms with Crippen LogP contribution >= 0.6 is 0 Å². The van der Waals surface area contributed by atoms with Crippen molar-refractivity contribution >= 4 is 5.78 Å². The van der Waals surface area contributed by atoms with Crippen molar-refractivity contribution in [2.24, 2.45) is 17.8 Å². The Labute approximate surface area is 119 Å². The van der Waals surface area contributed by atoms with E-state index < -0.39 is 0 Å². The summed E-state index contributed by atoms with van der Waals surface area (Å²) in [5, 5.41) is 0. The number of hydrogen-bond acceptors (Lipinski definition) is 3. The van der Waals surface area contributed by atoms with Crippen molar-refractivity contribution in [3.63, 3.8) is 0 Å². The van der Waals surface area contributed by atoms with Crippen LogP contribution in [0.15, 0.2) is 0 Å². The van der Waals surface area contributed by atoms with Gasteiger partial charge in [0.05, 0.1) is 0 Å². The predicted molar refractivity (Wildman–Crippen MR) is 81.3 cm³/mol. The van der Waals surface area contributed by atoms with Crippen LogP contribution in [0.4, 0.5) is 0 Å². The van der Waals surface area contributed by atoms with E-state index in [1.54, 1.807) is 0 Å². The van der Waals surface area contributed by atoms with E-state index in [2.05, 4.69) is 51.6 Å².